The lowest BCUT2D eigenvalue weighted by Crippen LogP contribution is -2.38. The second kappa shape index (κ2) is 10.4. The largest absolute Gasteiger partial charge is 0.366 e. The topological polar surface area (TPSA) is 108 Å². The number of H-pyrrole nitrogens is 1. The first-order valence-corrected chi connectivity index (χ1v) is 14.3. The van der Waals surface area contributed by atoms with Gasteiger partial charge in [0.1, 0.15) is 0 Å². The zero-order valence-electron chi connectivity index (χ0n) is 21.7. The Morgan fingerprint density at radius 1 is 1.14 bits per heavy atom. The van der Waals surface area contributed by atoms with Gasteiger partial charge in [-0.3, -0.25) is 4.79 Å². The molecule has 0 saturated carbocycles. The lowest BCUT2D eigenvalue weighted by atomic mass is 9.88. The molecule has 1 amide bonds. The number of primary amides is 1. The van der Waals surface area contributed by atoms with E-state index in [4.69, 9.17) is 5.73 Å². The van der Waals surface area contributed by atoms with Crippen LogP contribution in [0.15, 0.2) is 42.6 Å². The Hall–Kier alpha value is -2.68. The molecule has 0 radical (unpaired) electrons. The van der Waals surface area contributed by atoms with Crippen LogP contribution in [0.2, 0.25) is 0 Å². The molecule has 7 nitrogen and oxygen atoms in total. The van der Waals surface area contributed by atoms with E-state index in [1.54, 1.807) is 11.2 Å². The van der Waals surface area contributed by atoms with Crippen molar-refractivity contribution in [3.63, 3.8) is 0 Å². The molecule has 0 spiro atoms. The summed E-state index contributed by atoms with van der Waals surface area (Å²) in [5.74, 6) is -0.131. The molecule has 1 saturated heterocycles. The summed E-state index contributed by atoms with van der Waals surface area (Å²) < 4.78 is 26.2. The number of nitrogens with zero attached hydrogens (tertiary/aromatic N) is 1. The van der Waals surface area contributed by atoms with E-state index in [0.717, 1.165) is 53.5 Å². The average molecular weight is 511 g/mol. The minimum absolute atomic E-state index is 0.126. The number of aromatic nitrogens is 1. The van der Waals surface area contributed by atoms with Gasteiger partial charge in [0.15, 0.2) is 0 Å². The molecule has 0 atom stereocenters. The van der Waals surface area contributed by atoms with E-state index in [1.165, 1.54) is 5.56 Å². The van der Waals surface area contributed by atoms with Crippen LogP contribution < -0.4 is 11.1 Å². The molecule has 194 valence electrons. The number of hydrogen-bond acceptors (Lipinski definition) is 4. The molecule has 2 heterocycles. The molecule has 0 unspecified atom stereocenters. The normalized spacial score (nSPS) is 16.0. The minimum Gasteiger partial charge on any atom is -0.366 e. The van der Waals surface area contributed by atoms with Gasteiger partial charge in [0.05, 0.1) is 16.8 Å². The van der Waals surface area contributed by atoms with Crippen molar-refractivity contribution in [2.45, 2.75) is 53.0 Å². The number of carbonyl (C=O) groups is 1. The summed E-state index contributed by atoms with van der Waals surface area (Å²) >= 11 is 0. The lowest BCUT2D eigenvalue weighted by Gasteiger charge is -2.31. The Kier molecular flexibility index (Phi) is 7.59. The summed E-state index contributed by atoms with van der Waals surface area (Å²) in [5, 5.41) is 4.50. The minimum atomic E-state index is -3.18. The highest BCUT2D eigenvalue weighted by Gasteiger charge is 2.29. The number of nitrogens with one attached hydrogen (secondary N) is 2. The monoisotopic (exact) mass is 510 g/mol. The molecule has 2 aromatic carbocycles. The molecule has 1 fully saturated rings. The van der Waals surface area contributed by atoms with Crippen LogP contribution in [0.5, 0.6) is 0 Å². The molecule has 8 heteroatoms. The Morgan fingerprint density at radius 2 is 1.86 bits per heavy atom. The first-order chi connectivity index (χ1) is 17.0. The number of piperidine rings is 1. The van der Waals surface area contributed by atoms with E-state index in [9.17, 15) is 13.2 Å². The molecule has 3 aromatic rings. The van der Waals surface area contributed by atoms with Gasteiger partial charge in [-0.25, -0.2) is 12.7 Å². The van der Waals surface area contributed by atoms with Gasteiger partial charge in [0, 0.05) is 37.8 Å². The number of hydrogen-bond donors (Lipinski definition) is 3. The second-order valence-corrected chi connectivity index (χ2v) is 13.3. The Bertz CT molecular complexity index is 1350. The third-order valence-corrected chi connectivity index (χ3v) is 8.87. The maximum absolute atomic E-state index is 12.4. The SMILES string of the molecule is CCS(=O)(=O)N1CCC(c2c[nH]c3c(C(N)=O)cc(-c4cccc(CNCC(C)(C)C)c4)cc23)CC1. The fraction of sp³-hybridized carbons (Fsp3) is 0.464. The molecule has 1 aromatic heterocycles. The number of rotatable bonds is 8. The average Bonchev–Trinajstić information content (AvgIpc) is 3.27. The first kappa shape index (κ1) is 26.4. The van der Waals surface area contributed by atoms with E-state index >= 15 is 0 Å². The molecule has 0 aliphatic carbocycles. The number of fused-ring (bicyclic) bond motifs is 1. The molecule has 1 aliphatic heterocycles. The molecule has 4 N–H and O–H groups in total. The predicted molar refractivity (Wildman–Crippen MR) is 146 cm³/mol. The van der Waals surface area contributed by atoms with Gasteiger partial charge >= 0.3 is 0 Å². The van der Waals surface area contributed by atoms with E-state index in [2.05, 4.69) is 55.3 Å². The third kappa shape index (κ3) is 5.82. The number of nitrogens with two attached hydrogens (primary N) is 1. The Morgan fingerprint density at radius 3 is 2.50 bits per heavy atom. The fourth-order valence-electron chi connectivity index (χ4n) is 5.02. The van der Waals surface area contributed by atoms with Crippen molar-refractivity contribution >= 4 is 26.8 Å². The Balaban J connectivity index is 1.65. The molecule has 1 aliphatic rings. The van der Waals surface area contributed by atoms with Gasteiger partial charge in [-0.2, -0.15) is 0 Å². The molecule has 36 heavy (non-hydrogen) atoms. The lowest BCUT2D eigenvalue weighted by molar-refractivity contribution is 0.100. The van der Waals surface area contributed by atoms with E-state index in [1.807, 2.05) is 18.3 Å². The van der Waals surface area contributed by atoms with Crippen LogP contribution in [0.1, 0.15) is 67.9 Å². The van der Waals surface area contributed by atoms with Crippen molar-refractivity contribution in [3.05, 3.63) is 59.3 Å². The van der Waals surface area contributed by atoms with Gasteiger partial charge in [-0.15, -0.1) is 0 Å². The summed E-state index contributed by atoms with van der Waals surface area (Å²) in [7, 11) is -3.18. The zero-order chi connectivity index (χ0) is 26.1. The zero-order valence-corrected chi connectivity index (χ0v) is 22.5. The van der Waals surface area contributed by atoms with Crippen molar-refractivity contribution in [2.75, 3.05) is 25.4 Å². The van der Waals surface area contributed by atoms with Crippen molar-refractivity contribution in [2.24, 2.45) is 11.1 Å². The summed E-state index contributed by atoms with van der Waals surface area (Å²) in [6, 6.07) is 12.3. The van der Waals surface area contributed by atoms with E-state index in [-0.39, 0.29) is 17.1 Å². The molecule has 0 bridgehead atoms. The second-order valence-electron chi connectivity index (χ2n) is 11.0. The molecular weight excluding hydrogens is 472 g/mol. The van der Waals surface area contributed by atoms with Crippen molar-refractivity contribution in [1.29, 1.82) is 0 Å². The van der Waals surface area contributed by atoms with Gasteiger partial charge in [0.2, 0.25) is 10.0 Å². The quantitative estimate of drug-likeness (QED) is 0.412. The summed E-state index contributed by atoms with van der Waals surface area (Å²) in [6.45, 7) is 11.0. The molecular formula is C28H38N4O3S. The number of sulfonamides is 1. The van der Waals surface area contributed by atoms with Gasteiger partial charge in [-0.05, 0) is 71.6 Å². The van der Waals surface area contributed by atoms with Gasteiger partial charge in [0.25, 0.3) is 5.91 Å². The number of benzene rings is 2. The number of amides is 1. The van der Waals surface area contributed by atoms with Crippen LogP contribution in [0, 0.1) is 5.41 Å². The smallest absolute Gasteiger partial charge is 0.250 e. The summed E-state index contributed by atoms with van der Waals surface area (Å²) in [5.41, 5.74) is 11.5. The summed E-state index contributed by atoms with van der Waals surface area (Å²) in [6.07, 6.45) is 3.46. The van der Waals surface area contributed by atoms with Crippen molar-refractivity contribution in [3.8, 4) is 11.1 Å². The van der Waals surface area contributed by atoms with Crippen LogP contribution in [0.25, 0.3) is 22.0 Å². The number of aromatic amines is 1. The Labute approximate surface area is 214 Å². The van der Waals surface area contributed by atoms with Crippen LogP contribution in [0.4, 0.5) is 0 Å². The number of carbonyl (C=O) groups excluding carboxylic acids is 1. The van der Waals surface area contributed by atoms with Crippen molar-refractivity contribution < 1.29 is 13.2 Å². The van der Waals surface area contributed by atoms with Gasteiger partial charge in [-0.1, -0.05) is 39.0 Å². The van der Waals surface area contributed by atoms with Gasteiger partial charge < -0.3 is 16.0 Å². The maximum atomic E-state index is 12.4. The standard InChI is InChI=1S/C28H38N4O3S/c1-5-36(34,35)32-11-9-20(10-12-32)25-17-31-26-23(25)14-22(15-24(26)27(29)33)21-8-6-7-19(13-21)16-30-18-28(2,3)4/h6-8,13-15,17,20,30-31H,5,9-12,16,18H2,1-4H3,(H2,29,33). The summed E-state index contributed by atoms with van der Waals surface area (Å²) in [4.78, 5) is 15.7. The third-order valence-electron chi connectivity index (χ3n) is 6.98. The first-order valence-electron chi connectivity index (χ1n) is 12.7. The predicted octanol–water partition coefficient (Wildman–Crippen LogP) is 4.60. The van der Waals surface area contributed by atoms with E-state index in [0.29, 0.717) is 18.7 Å². The van der Waals surface area contributed by atoms with Crippen LogP contribution in [0.3, 0.4) is 0 Å². The highest BCUT2D eigenvalue weighted by Crippen LogP contribution is 2.37. The van der Waals surface area contributed by atoms with E-state index < -0.39 is 15.9 Å². The maximum Gasteiger partial charge on any atom is 0.250 e. The van der Waals surface area contributed by atoms with Crippen LogP contribution >= 0.6 is 0 Å². The van der Waals surface area contributed by atoms with Crippen LogP contribution in [-0.2, 0) is 16.6 Å². The molecule has 4 rings (SSSR count). The fourth-order valence-corrected chi connectivity index (χ4v) is 6.15. The highest BCUT2D eigenvalue weighted by atomic mass is 32.2. The highest BCUT2D eigenvalue weighted by molar-refractivity contribution is 7.89. The van der Waals surface area contributed by atoms with Crippen LogP contribution in [-0.4, -0.2) is 49.0 Å². The van der Waals surface area contributed by atoms with Crippen molar-refractivity contribution in [1.82, 2.24) is 14.6 Å².